The Morgan fingerprint density at radius 1 is 0.353 bits per heavy atom. The van der Waals surface area contributed by atoms with Gasteiger partial charge >= 0.3 is 0 Å². The number of nitrogens with zero attached hydrogens (tertiary/aromatic N) is 4. The van der Waals surface area contributed by atoms with Crippen LogP contribution in [0.2, 0.25) is 0 Å². The Kier molecular flexibility index (Phi) is 7.44. The number of rotatable bonds is 6. The van der Waals surface area contributed by atoms with Gasteiger partial charge in [-0.25, -0.2) is 15.0 Å². The minimum Gasteiger partial charge on any atom is -0.256 e. The lowest BCUT2D eigenvalue weighted by atomic mass is 9.82. The second-order valence-corrected chi connectivity index (χ2v) is 13.6. The molecule has 2 heterocycles. The van der Waals surface area contributed by atoms with E-state index in [0.29, 0.717) is 17.5 Å². The molecule has 51 heavy (non-hydrogen) atoms. The summed E-state index contributed by atoms with van der Waals surface area (Å²) in [6.07, 6.45) is 1.83. The molecule has 0 aliphatic heterocycles. The molecule has 4 nitrogen and oxygen atoms in total. The van der Waals surface area contributed by atoms with E-state index in [0.717, 1.165) is 50.2 Å². The highest BCUT2D eigenvalue weighted by Crippen LogP contribution is 2.49. The van der Waals surface area contributed by atoms with Crippen molar-refractivity contribution in [3.05, 3.63) is 181 Å². The van der Waals surface area contributed by atoms with Crippen LogP contribution < -0.4 is 0 Å². The molecule has 0 unspecified atom stereocenters. The van der Waals surface area contributed by atoms with E-state index in [4.69, 9.17) is 15.0 Å². The average Bonchev–Trinajstić information content (AvgIpc) is 3.44. The Morgan fingerprint density at radius 2 is 0.863 bits per heavy atom. The highest BCUT2D eigenvalue weighted by atomic mass is 15.0. The molecule has 0 N–H and O–H groups in total. The van der Waals surface area contributed by atoms with Gasteiger partial charge in [0.2, 0.25) is 0 Å². The van der Waals surface area contributed by atoms with Crippen molar-refractivity contribution in [3.63, 3.8) is 0 Å². The molecule has 0 radical (unpaired) electrons. The van der Waals surface area contributed by atoms with Crippen molar-refractivity contribution in [2.24, 2.45) is 0 Å². The molecule has 8 aromatic rings. The first kappa shape index (κ1) is 30.5. The number of hydrogen-bond donors (Lipinski definition) is 0. The van der Waals surface area contributed by atoms with E-state index in [1.54, 1.807) is 0 Å². The molecule has 9 rings (SSSR count). The normalized spacial score (nSPS) is 12.7. The molecule has 0 amide bonds. The topological polar surface area (TPSA) is 51.6 Å². The van der Waals surface area contributed by atoms with Crippen LogP contribution in [0.15, 0.2) is 170 Å². The standard InChI is InChI=1S/C47H34N4/c1-47(2)41-18-10-9-17-39(41)40-30-35(24-25-42(40)47)37-27-36(31-20-22-32(23-21-31)43-19-11-12-26-48-43)28-38(29-37)46-50-44(33-13-5-3-6-14-33)49-45(51-46)34-15-7-4-8-16-34/h3-30H,1-2H3. The first-order valence-electron chi connectivity index (χ1n) is 17.3. The van der Waals surface area contributed by atoms with Crippen LogP contribution in [0.3, 0.4) is 0 Å². The monoisotopic (exact) mass is 654 g/mol. The summed E-state index contributed by atoms with van der Waals surface area (Å²) in [4.78, 5) is 19.7. The van der Waals surface area contributed by atoms with Crippen LogP contribution in [-0.4, -0.2) is 19.9 Å². The lowest BCUT2D eigenvalue weighted by molar-refractivity contribution is 0.660. The van der Waals surface area contributed by atoms with Gasteiger partial charge in [0.25, 0.3) is 0 Å². The van der Waals surface area contributed by atoms with E-state index in [2.05, 4.69) is 104 Å². The Morgan fingerprint density at radius 3 is 1.51 bits per heavy atom. The molecule has 1 aliphatic carbocycles. The average molecular weight is 655 g/mol. The van der Waals surface area contributed by atoms with Crippen molar-refractivity contribution >= 4 is 0 Å². The Balaban J connectivity index is 1.24. The van der Waals surface area contributed by atoms with Crippen LogP contribution in [0.4, 0.5) is 0 Å². The van der Waals surface area contributed by atoms with Crippen molar-refractivity contribution in [1.82, 2.24) is 19.9 Å². The van der Waals surface area contributed by atoms with Crippen LogP contribution in [0.25, 0.3) is 78.8 Å². The molecule has 2 aromatic heterocycles. The first-order chi connectivity index (χ1) is 25.0. The van der Waals surface area contributed by atoms with Crippen molar-refractivity contribution in [3.8, 4) is 78.8 Å². The summed E-state index contributed by atoms with van der Waals surface area (Å²) in [6, 6.07) is 57.3. The van der Waals surface area contributed by atoms with E-state index >= 15 is 0 Å². The van der Waals surface area contributed by atoms with Gasteiger partial charge in [0.05, 0.1) is 5.69 Å². The van der Waals surface area contributed by atoms with E-state index in [1.807, 2.05) is 85.1 Å². The Hall–Kier alpha value is -6.52. The quantitative estimate of drug-likeness (QED) is 0.179. The smallest absolute Gasteiger partial charge is 0.164 e. The minimum atomic E-state index is -0.0562. The number of hydrogen-bond acceptors (Lipinski definition) is 4. The maximum Gasteiger partial charge on any atom is 0.164 e. The predicted molar refractivity (Wildman–Crippen MR) is 208 cm³/mol. The van der Waals surface area contributed by atoms with Gasteiger partial charge in [-0.05, 0) is 80.9 Å². The zero-order valence-corrected chi connectivity index (χ0v) is 28.5. The molecule has 0 spiro atoms. The summed E-state index contributed by atoms with van der Waals surface area (Å²) in [6.45, 7) is 4.64. The van der Waals surface area contributed by atoms with E-state index in [9.17, 15) is 0 Å². The highest BCUT2D eigenvalue weighted by molar-refractivity contribution is 5.87. The first-order valence-corrected chi connectivity index (χ1v) is 17.3. The van der Waals surface area contributed by atoms with Crippen LogP contribution in [0, 0.1) is 0 Å². The molecule has 0 fully saturated rings. The van der Waals surface area contributed by atoms with Crippen LogP contribution in [0.1, 0.15) is 25.0 Å². The van der Waals surface area contributed by atoms with E-state index < -0.39 is 0 Å². The fourth-order valence-corrected chi connectivity index (χ4v) is 7.29. The van der Waals surface area contributed by atoms with Gasteiger partial charge in [0.1, 0.15) is 0 Å². The largest absolute Gasteiger partial charge is 0.256 e. The van der Waals surface area contributed by atoms with Gasteiger partial charge in [0, 0.05) is 33.9 Å². The summed E-state index contributed by atoms with van der Waals surface area (Å²) in [5.74, 6) is 1.91. The third-order valence-electron chi connectivity index (χ3n) is 9.99. The lowest BCUT2D eigenvalue weighted by Crippen LogP contribution is -2.14. The summed E-state index contributed by atoms with van der Waals surface area (Å²) in [5, 5.41) is 0. The van der Waals surface area contributed by atoms with E-state index in [1.165, 1.54) is 22.3 Å². The number of pyridine rings is 1. The number of fused-ring (bicyclic) bond motifs is 3. The maximum absolute atomic E-state index is 5.10. The minimum absolute atomic E-state index is 0.0562. The zero-order chi connectivity index (χ0) is 34.4. The molecule has 0 atom stereocenters. The van der Waals surface area contributed by atoms with Crippen molar-refractivity contribution in [1.29, 1.82) is 0 Å². The van der Waals surface area contributed by atoms with Gasteiger partial charge in [0.15, 0.2) is 17.5 Å². The van der Waals surface area contributed by atoms with Crippen molar-refractivity contribution < 1.29 is 0 Å². The third kappa shape index (κ3) is 5.61. The lowest BCUT2D eigenvalue weighted by Gasteiger charge is -2.21. The fourth-order valence-electron chi connectivity index (χ4n) is 7.29. The van der Waals surface area contributed by atoms with Crippen LogP contribution >= 0.6 is 0 Å². The number of benzene rings is 6. The Bertz CT molecular complexity index is 2470. The molecule has 4 heteroatoms. The van der Waals surface area contributed by atoms with Gasteiger partial charge in [-0.15, -0.1) is 0 Å². The van der Waals surface area contributed by atoms with Crippen molar-refractivity contribution in [2.75, 3.05) is 0 Å². The molecule has 0 saturated carbocycles. The van der Waals surface area contributed by atoms with E-state index in [-0.39, 0.29) is 5.41 Å². The van der Waals surface area contributed by atoms with Gasteiger partial charge in [-0.2, -0.15) is 0 Å². The zero-order valence-electron chi connectivity index (χ0n) is 28.5. The molecule has 242 valence electrons. The predicted octanol–water partition coefficient (Wildman–Crippen LogP) is 11.6. The highest BCUT2D eigenvalue weighted by Gasteiger charge is 2.35. The van der Waals surface area contributed by atoms with Gasteiger partial charge < -0.3 is 0 Å². The molecule has 0 bridgehead atoms. The summed E-state index contributed by atoms with van der Waals surface area (Å²) < 4.78 is 0. The van der Waals surface area contributed by atoms with Gasteiger partial charge in [-0.3, -0.25) is 4.98 Å². The molecular weight excluding hydrogens is 621 g/mol. The van der Waals surface area contributed by atoms with Crippen molar-refractivity contribution in [2.45, 2.75) is 19.3 Å². The fraction of sp³-hybridized carbons (Fsp3) is 0.0638. The summed E-state index contributed by atoms with van der Waals surface area (Å²) in [5.41, 5.74) is 14.5. The molecule has 6 aromatic carbocycles. The van der Waals surface area contributed by atoms with Crippen LogP contribution in [0.5, 0.6) is 0 Å². The second-order valence-electron chi connectivity index (χ2n) is 13.6. The Labute approximate surface area is 298 Å². The SMILES string of the molecule is CC1(C)c2ccccc2-c2cc(-c3cc(-c4ccc(-c5ccccn5)cc4)cc(-c4nc(-c5ccccc5)nc(-c5ccccc5)n4)c3)ccc21. The van der Waals surface area contributed by atoms with Gasteiger partial charge in [-0.1, -0.05) is 141 Å². The van der Waals surface area contributed by atoms with Crippen LogP contribution in [-0.2, 0) is 5.41 Å². The third-order valence-corrected chi connectivity index (χ3v) is 9.99. The molecule has 0 saturated heterocycles. The summed E-state index contributed by atoms with van der Waals surface area (Å²) in [7, 11) is 0. The number of aromatic nitrogens is 4. The maximum atomic E-state index is 5.10. The second kappa shape index (κ2) is 12.4. The molecule has 1 aliphatic rings. The summed E-state index contributed by atoms with van der Waals surface area (Å²) >= 11 is 0. The molecular formula is C47H34N4.